The van der Waals surface area contributed by atoms with Crippen LogP contribution in [0.5, 0.6) is 0 Å². The predicted octanol–water partition coefficient (Wildman–Crippen LogP) is 3.53. The Morgan fingerprint density at radius 2 is 2.00 bits per heavy atom. The maximum absolute atomic E-state index is 6.32. The van der Waals surface area contributed by atoms with E-state index in [0.717, 1.165) is 50.2 Å². The Kier molecular flexibility index (Phi) is 6.38. The molecule has 3 unspecified atom stereocenters. The van der Waals surface area contributed by atoms with E-state index in [4.69, 9.17) is 16.3 Å². The summed E-state index contributed by atoms with van der Waals surface area (Å²) < 4.78 is 5.91. The first-order chi connectivity index (χ1) is 14.0. The minimum atomic E-state index is 0.169. The highest BCUT2D eigenvalue weighted by Crippen LogP contribution is 2.52. The van der Waals surface area contributed by atoms with Crippen LogP contribution in [0.25, 0.3) is 0 Å². The summed E-state index contributed by atoms with van der Waals surface area (Å²) in [5.41, 5.74) is 1.40. The number of nitrogens with one attached hydrogen (secondary N) is 2. The van der Waals surface area contributed by atoms with Crippen LogP contribution in [0.2, 0.25) is 5.02 Å². The average molecular weight is 419 g/mol. The number of rotatable bonds is 5. The predicted molar refractivity (Wildman–Crippen MR) is 119 cm³/mol. The van der Waals surface area contributed by atoms with E-state index in [1.165, 1.54) is 18.4 Å². The summed E-state index contributed by atoms with van der Waals surface area (Å²) in [5.74, 6) is 2.25. The molecule has 2 heterocycles. The number of ether oxygens (including phenoxy) is 1. The zero-order valence-electron chi connectivity index (χ0n) is 18.0. The Bertz CT molecular complexity index is 729. The van der Waals surface area contributed by atoms with Gasteiger partial charge in [0.15, 0.2) is 5.96 Å². The number of benzene rings is 1. The molecule has 0 amide bonds. The van der Waals surface area contributed by atoms with Crippen molar-refractivity contribution in [3.63, 3.8) is 0 Å². The fraction of sp³-hybridized carbons (Fsp3) is 0.696. The van der Waals surface area contributed by atoms with Gasteiger partial charge in [0.2, 0.25) is 0 Å². The molecule has 6 heteroatoms. The highest BCUT2D eigenvalue weighted by Gasteiger charge is 2.59. The van der Waals surface area contributed by atoms with Crippen LogP contribution in [-0.4, -0.2) is 56.3 Å². The number of hydrogen-bond donors (Lipinski definition) is 2. The Labute approximate surface area is 180 Å². The molecule has 0 bridgehead atoms. The standard InChI is InChI=1S/C23H35ClN4O/c1-23(2)20(18-10-13-29-21(18)23)27-22(25-3)26-14-16-8-11-28(12-9-16)15-17-6-4-5-7-19(17)24/h4-7,16,18,20-21H,8-15H2,1-3H3,(H2,25,26,27). The van der Waals surface area contributed by atoms with E-state index in [0.29, 0.717) is 24.0 Å². The summed E-state index contributed by atoms with van der Waals surface area (Å²) in [5, 5.41) is 8.15. The van der Waals surface area contributed by atoms with Gasteiger partial charge in [-0.25, -0.2) is 0 Å². The van der Waals surface area contributed by atoms with Gasteiger partial charge < -0.3 is 15.4 Å². The number of nitrogens with zero attached hydrogens (tertiary/aromatic N) is 2. The fourth-order valence-corrected chi connectivity index (χ4v) is 5.61. The van der Waals surface area contributed by atoms with Gasteiger partial charge >= 0.3 is 0 Å². The van der Waals surface area contributed by atoms with Crippen LogP contribution in [0, 0.1) is 17.3 Å². The van der Waals surface area contributed by atoms with Crippen LogP contribution in [0.15, 0.2) is 29.3 Å². The van der Waals surface area contributed by atoms with E-state index < -0.39 is 0 Å². The molecule has 29 heavy (non-hydrogen) atoms. The largest absolute Gasteiger partial charge is 0.377 e. The van der Waals surface area contributed by atoms with Crippen molar-refractivity contribution in [2.75, 3.05) is 33.3 Å². The van der Waals surface area contributed by atoms with E-state index in [1.807, 2.05) is 19.2 Å². The molecule has 2 N–H and O–H groups in total. The number of piperidine rings is 1. The maximum atomic E-state index is 6.32. The minimum Gasteiger partial charge on any atom is -0.377 e. The monoisotopic (exact) mass is 418 g/mol. The smallest absolute Gasteiger partial charge is 0.191 e. The van der Waals surface area contributed by atoms with Crippen molar-refractivity contribution in [1.29, 1.82) is 0 Å². The van der Waals surface area contributed by atoms with Crippen LogP contribution in [-0.2, 0) is 11.3 Å². The SMILES string of the molecule is CN=C(NCC1CCN(Cc2ccccc2Cl)CC1)NC1C2CCOC2C1(C)C. The molecule has 3 aliphatic rings. The van der Waals surface area contributed by atoms with Gasteiger partial charge in [0, 0.05) is 49.1 Å². The van der Waals surface area contributed by atoms with Gasteiger partial charge in [-0.05, 0) is 49.9 Å². The number of aliphatic imine (C=N–C) groups is 1. The van der Waals surface area contributed by atoms with Gasteiger partial charge in [0.1, 0.15) is 0 Å². The molecule has 1 aromatic rings. The lowest BCUT2D eigenvalue weighted by Crippen LogP contribution is -2.68. The lowest BCUT2D eigenvalue weighted by molar-refractivity contribution is -0.106. The van der Waals surface area contributed by atoms with Gasteiger partial charge in [-0.2, -0.15) is 0 Å². The molecular weight excluding hydrogens is 384 g/mol. The third-order valence-corrected chi connectivity index (χ3v) is 7.60. The number of fused-ring (bicyclic) bond motifs is 1. The number of likely N-dealkylation sites (tertiary alicyclic amines) is 1. The molecule has 0 aromatic heterocycles. The molecule has 3 fully saturated rings. The van der Waals surface area contributed by atoms with Gasteiger partial charge in [-0.15, -0.1) is 0 Å². The van der Waals surface area contributed by atoms with Crippen LogP contribution in [0.3, 0.4) is 0 Å². The Morgan fingerprint density at radius 3 is 2.72 bits per heavy atom. The number of hydrogen-bond acceptors (Lipinski definition) is 3. The van der Waals surface area contributed by atoms with E-state index >= 15 is 0 Å². The lowest BCUT2D eigenvalue weighted by atomic mass is 9.57. The van der Waals surface area contributed by atoms with Crippen molar-refractivity contribution >= 4 is 17.6 Å². The van der Waals surface area contributed by atoms with E-state index in [1.54, 1.807) is 0 Å². The summed E-state index contributed by atoms with van der Waals surface area (Å²) in [6.07, 6.45) is 3.98. The minimum absolute atomic E-state index is 0.169. The highest BCUT2D eigenvalue weighted by atomic mass is 35.5. The second kappa shape index (κ2) is 8.83. The molecule has 2 aliphatic heterocycles. The summed E-state index contributed by atoms with van der Waals surface area (Å²) in [4.78, 5) is 7.00. The molecule has 160 valence electrons. The van der Waals surface area contributed by atoms with Crippen LogP contribution in [0.4, 0.5) is 0 Å². The molecule has 5 nitrogen and oxygen atoms in total. The summed E-state index contributed by atoms with van der Waals surface area (Å²) in [6, 6.07) is 8.62. The van der Waals surface area contributed by atoms with Crippen molar-refractivity contribution in [3.8, 4) is 0 Å². The number of halogens is 1. The molecule has 1 aromatic carbocycles. The first kappa shape index (κ1) is 21.0. The lowest BCUT2D eigenvalue weighted by Gasteiger charge is -2.55. The van der Waals surface area contributed by atoms with Crippen LogP contribution < -0.4 is 10.6 Å². The van der Waals surface area contributed by atoms with Crippen LogP contribution >= 0.6 is 11.6 Å². The van der Waals surface area contributed by atoms with E-state index in [2.05, 4.69) is 46.5 Å². The van der Waals surface area contributed by atoms with Crippen molar-refractivity contribution in [3.05, 3.63) is 34.9 Å². The molecule has 0 spiro atoms. The summed E-state index contributed by atoms with van der Waals surface area (Å²) >= 11 is 6.32. The molecule has 4 rings (SSSR count). The van der Waals surface area contributed by atoms with E-state index in [9.17, 15) is 0 Å². The van der Waals surface area contributed by atoms with Crippen molar-refractivity contribution in [2.45, 2.75) is 51.8 Å². The normalized spacial score (nSPS) is 29.9. The molecule has 1 aliphatic carbocycles. The quantitative estimate of drug-likeness (QED) is 0.567. The second-order valence-electron chi connectivity index (χ2n) is 9.45. The zero-order chi connectivity index (χ0) is 20.4. The van der Waals surface area contributed by atoms with Gasteiger partial charge in [-0.1, -0.05) is 43.6 Å². The van der Waals surface area contributed by atoms with Crippen molar-refractivity contribution in [2.24, 2.45) is 22.2 Å². The zero-order valence-corrected chi connectivity index (χ0v) is 18.7. The van der Waals surface area contributed by atoms with Crippen LogP contribution in [0.1, 0.15) is 38.7 Å². The summed E-state index contributed by atoms with van der Waals surface area (Å²) in [6.45, 7) is 9.69. The van der Waals surface area contributed by atoms with E-state index in [-0.39, 0.29) is 5.41 Å². The number of guanidine groups is 1. The first-order valence-corrected chi connectivity index (χ1v) is 11.4. The Morgan fingerprint density at radius 1 is 1.24 bits per heavy atom. The Hall–Kier alpha value is -1.30. The van der Waals surface area contributed by atoms with Gasteiger partial charge in [0.05, 0.1) is 6.10 Å². The maximum Gasteiger partial charge on any atom is 0.191 e. The topological polar surface area (TPSA) is 48.9 Å². The third kappa shape index (κ3) is 4.42. The molecular formula is C23H35ClN4O. The summed E-state index contributed by atoms with van der Waals surface area (Å²) in [7, 11) is 1.87. The van der Waals surface area contributed by atoms with Gasteiger partial charge in [-0.3, -0.25) is 9.89 Å². The average Bonchev–Trinajstić information content (AvgIpc) is 3.18. The fourth-order valence-electron chi connectivity index (χ4n) is 5.42. The van der Waals surface area contributed by atoms with Gasteiger partial charge in [0.25, 0.3) is 0 Å². The second-order valence-corrected chi connectivity index (χ2v) is 9.86. The molecule has 1 saturated carbocycles. The first-order valence-electron chi connectivity index (χ1n) is 11.0. The third-order valence-electron chi connectivity index (χ3n) is 7.23. The molecule has 0 radical (unpaired) electrons. The Balaban J connectivity index is 1.21. The van der Waals surface area contributed by atoms with Crippen molar-refractivity contribution in [1.82, 2.24) is 15.5 Å². The van der Waals surface area contributed by atoms with Crippen molar-refractivity contribution < 1.29 is 4.74 Å². The molecule has 2 saturated heterocycles. The molecule has 3 atom stereocenters. The highest BCUT2D eigenvalue weighted by molar-refractivity contribution is 6.31.